The number of aliphatic hydroxyl groups is 1. The van der Waals surface area contributed by atoms with E-state index in [4.69, 9.17) is 10.8 Å². The minimum atomic E-state index is 0.253. The van der Waals surface area contributed by atoms with E-state index in [1.54, 1.807) is 11.8 Å². The van der Waals surface area contributed by atoms with Crippen LogP contribution < -0.4 is 5.73 Å². The van der Waals surface area contributed by atoms with Crippen LogP contribution in [0.4, 0.5) is 5.69 Å². The molecule has 3 N–H and O–H groups in total. The van der Waals surface area contributed by atoms with E-state index in [-0.39, 0.29) is 6.61 Å². The zero-order chi connectivity index (χ0) is 9.68. The second-order valence-electron chi connectivity index (χ2n) is 3.01. The van der Waals surface area contributed by atoms with Gasteiger partial charge in [0.2, 0.25) is 0 Å². The highest BCUT2D eigenvalue weighted by molar-refractivity contribution is 7.99. The summed E-state index contributed by atoms with van der Waals surface area (Å²) in [7, 11) is 0. The Bertz CT molecular complexity index is 248. The quantitative estimate of drug-likeness (QED) is 0.574. The molecule has 0 aliphatic carbocycles. The van der Waals surface area contributed by atoms with Gasteiger partial charge in [-0.25, -0.2) is 0 Å². The molecule has 0 saturated carbocycles. The first-order valence-electron chi connectivity index (χ1n) is 4.35. The average Bonchev–Trinajstić information content (AvgIpc) is 2.09. The van der Waals surface area contributed by atoms with Crippen molar-refractivity contribution in [1.82, 2.24) is 0 Å². The van der Waals surface area contributed by atoms with E-state index in [1.165, 1.54) is 4.90 Å². The van der Waals surface area contributed by atoms with Gasteiger partial charge in [-0.2, -0.15) is 0 Å². The van der Waals surface area contributed by atoms with Crippen LogP contribution >= 0.6 is 11.8 Å². The number of benzene rings is 1. The highest BCUT2D eigenvalue weighted by atomic mass is 32.2. The van der Waals surface area contributed by atoms with Crippen LogP contribution in [0, 0.1) is 0 Å². The largest absolute Gasteiger partial charge is 0.399 e. The molecule has 0 heterocycles. The lowest BCUT2D eigenvalue weighted by molar-refractivity contribution is 0.289. The fraction of sp³-hybridized carbons (Fsp3) is 0.400. The molecular weight excluding hydrogens is 182 g/mol. The molecule has 0 amide bonds. The van der Waals surface area contributed by atoms with Crippen LogP contribution in [0.15, 0.2) is 29.2 Å². The van der Waals surface area contributed by atoms with Gasteiger partial charge in [-0.15, -0.1) is 11.8 Å². The molecule has 0 aromatic heterocycles. The first-order chi connectivity index (χ1) is 6.22. The standard InChI is InChI=1S/C10H15NOS/c1-8(6-7-12)13-10-4-2-9(11)3-5-10/h2-5,8,12H,6-7,11H2,1H3. The Hall–Kier alpha value is -0.670. The lowest BCUT2D eigenvalue weighted by Gasteiger charge is -2.08. The number of nitrogen functional groups attached to an aromatic ring is 1. The summed E-state index contributed by atoms with van der Waals surface area (Å²) in [6, 6.07) is 7.81. The second kappa shape index (κ2) is 5.14. The highest BCUT2D eigenvalue weighted by Crippen LogP contribution is 2.25. The summed E-state index contributed by atoms with van der Waals surface area (Å²) in [6.07, 6.45) is 0.828. The first kappa shape index (κ1) is 10.4. The summed E-state index contributed by atoms with van der Waals surface area (Å²) < 4.78 is 0. The average molecular weight is 197 g/mol. The lowest BCUT2D eigenvalue weighted by Crippen LogP contribution is -1.98. The molecule has 13 heavy (non-hydrogen) atoms. The van der Waals surface area contributed by atoms with Gasteiger partial charge in [-0.3, -0.25) is 0 Å². The molecule has 2 nitrogen and oxygen atoms in total. The van der Waals surface area contributed by atoms with E-state index in [2.05, 4.69) is 6.92 Å². The minimum absolute atomic E-state index is 0.253. The Morgan fingerprint density at radius 1 is 1.38 bits per heavy atom. The highest BCUT2D eigenvalue weighted by Gasteiger charge is 2.02. The fourth-order valence-electron chi connectivity index (χ4n) is 1.02. The monoisotopic (exact) mass is 197 g/mol. The first-order valence-corrected chi connectivity index (χ1v) is 5.23. The number of hydrogen-bond donors (Lipinski definition) is 2. The summed E-state index contributed by atoms with van der Waals surface area (Å²) in [6.45, 7) is 2.36. The predicted molar refractivity (Wildman–Crippen MR) is 57.9 cm³/mol. The SMILES string of the molecule is CC(CCO)Sc1ccc(N)cc1. The van der Waals surface area contributed by atoms with Gasteiger partial charge in [-0.1, -0.05) is 6.92 Å². The van der Waals surface area contributed by atoms with Crippen molar-refractivity contribution in [3.63, 3.8) is 0 Å². The predicted octanol–water partition coefficient (Wildman–Crippen LogP) is 2.13. The Balaban J connectivity index is 2.49. The van der Waals surface area contributed by atoms with Gasteiger partial charge >= 0.3 is 0 Å². The maximum Gasteiger partial charge on any atom is 0.0441 e. The molecule has 1 unspecified atom stereocenters. The molecule has 1 atom stereocenters. The fourth-order valence-corrected chi connectivity index (χ4v) is 2.00. The van der Waals surface area contributed by atoms with Crippen LogP contribution in [0.1, 0.15) is 13.3 Å². The Kier molecular flexibility index (Phi) is 4.12. The van der Waals surface area contributed by atoms with Crippen molar-refractivity contribution in [1.29, 1.82) is 0 Å². The topological polar surface area (TPSA) is 46.2 Å². The number of nitrogens with two attached hydrogens (primary N) is 1. The number of anilines is 1. The third kappa shape index (κ3) is 3.70. The summed E-state index contributed by atoms with van der Waals surface area (Å²) in [5.74, 6) is 0. The van der Waals surface area contributed by atoms with E-state index < -0.39 is 0 Å². The Labute approximate surface area is 83.1 Å². The maximum absolute atomic E-state index is 8.73. The molecule has 0 fully saturated rings. The van der Waals surface area contributed by atoms with Gasteiger partial charge in [0.25, 0.3) is 0 Å². The normalized spacial score (nSPS) is 12.8. The number of thioether (sulfide) groups is 1. The van der Waals surface area contributed by atoms with E-state index in [0.29, 0.717) is 5.25 Å². The van der Waals surface area contributed by atoms with E-state index in [0.717, 1.165) is 12.1 Å². The van der Waals surface area contributed by atoms with Gasteiger partial charge in [0.1, 0.15) is 0 Å². The molecule has 1 aromatic carbocycles. The second-order valence-corrected chi connectivity index (χ2v) is 4.52. The van der Waals surface area contributed by atoms with Crippen LogP contribution in [-0.4, -0.2) is 17.0 Å². The van der Waals surface area contributed by atoms with Gasteiger partial charge in [0, 0.05) is 22.4 Å². The van der Waals surface area contributed by atoms with Crippen molar-refractivity contribution in [3.05, 3.63) is 24.3 Å². The molecule has 1 aromatic rings. The third-order valence-electron chi connectivity index (χ3n) is 1.75. The molecular formula is C10H15NOS. The van der Waals surface area contributed by atoms with Crippen LogP contribution in [0.25, 0.3) is 0 Å². The van der Waals surface area contributed by atoms with Gasteiger partial charge < -0.3 is 10.8 Å². The Morgan fingerprint density at radius 2 is 2.00 bits per heavy atom. The van der Waals surface area contributed by atoms with E-state index in [9.17, 15) is 0 Å². The van der Waals surface area contributed by atoms with Crippen LogP contribution in [0.2, 0.25) is 0 Å². The van der Waals surface area contributed by atoms with E-state index >= 15 is 0 Å². The van der Waals surface area contributed by atoms with Gasteiger partial charge in [-0.05, 0) is 30.7 Å². The Morgan fingerprint density at radius 3 is 2.54 bits per heavy atom. The molecule has 72 valence electrons. The van der Waals surface area contributed by atoms with Crippen molar-refractivity contribution in [3.8, 4) is 0 Å². The van der Waals surface area contributed by atoms with Gasteiger partial charge in [0.15, 0.2) is 0 Å². The molecule has 1 rings (SSSR count). The summed E-state index contributed by atoms with van der Waals surface area (Å²) >= 11 is 1.76. The smallest absolute Gasteiger partial charge is 0.0441 e. The van der Waals surface area contributed by atoms with Gasteiger partial charge in [0.05, 0.1) is 0 Å². The number of rotatable bonds is 4. The van der Waals surface area contributed by atoms with Crippen molar-refractivity contribution >= 4 is 17.4 Å². The van der Waals surface area contributed by atoms with Crippen LogP contribution in [0.5, 0.6) is 0 Å². The summed E-state index contributed by atoms with van der Waals surface area (Å²) in [4.78, 5) is 1.20. The zero-order valence-electron chi connectivity index (χ0n) is 7.73. The van der Waals surface area contributed by atoms with Crippen molar-refractivity contribution in [2.45, 2.75) is 23.5 Å². The lowest BCUT2D eigenvalue weighted by atomic mass is 10.3. The van der Waals surface area contributed by atoms with Crippen LogP contribution in [0.3, 0.4) is 0 Å². The van der Waals surface area contributed by atoms with Crippen LogP contribution in [-0.2, 0) is 0 Å². The summed E-state index contributed by atoms with van der Waals surface area (Å²) in [5.41, 5.74) is 6.36. The van der Waals surface area contributed by atoms with E-state index in [1.807, 2.05) is 24.3 Å². The molecule has 0 saturated heterocycles. The van der Waals surface area contributed by atoms with Crippen molar-refractivity contribution < 1.29 is 5.11 Å². The number of hydrogen-bond acceptors (Lipinski definition) is 3. The third-order valence-corrected chi connectivity index (χ3v) is 2.94. The molecule has 0 bridgehead atoms. The maximum atomic E-state index is 8.73. The molecule has 0 aliphatic heterocycles. The minimum Gasteiger partial charge on any atom is -0.399 e. The zero-order valence-corrected chi connectivity index (χ0v) is 8.55. The molecule has 0 radical (unpaired) electrons. The summed E-state index contributed by atoms with van der Waals surface area (Å²) in [5, 5.41) is 9.18. The van der Waals surface area contributed by atoms with Crippen molar-refractivity contribution in [2.75, 3.05) is 12.3 Å². The van der Waals surface area contributed by atoms with Crippen molar-refractivity contribution in [2.24, 2.45) is 0 Å². The molecule has 0 spiro atoms. The number of aliphatic hydroxyl groups excluding tert-OH is 1. The molecule has 3 heteroatoms. The molecule has 0 aliphatic rings.